The van der Waals surface area contributed by atoms with Crippen LogP contribution in [0, 0.1) is 34.0 Å². The van der Waals surface area contributed by atoms with Crippen molar-refractivity contribution in [1.29, 1.82) is 15.8 Å². The van der Waals surface area contributed by atoms with Crippen molar-refractivity contribution in [3.63, 3.8) is 0 Å². The highest BCUT2D eigenvalue weighted by Crippen LogP contribution is 2.28. The SMILES string of the molecule is N#Cc1ccc(-c2cc3n(n2)c2cc(-c4ccc(C#N)cc4)nn2c2cc(-c4ccc(C#N)cc4)nn32)cc1. The van der Waals surface area contributed by atoms with Crippen LogP contribution in [0.3, 0.4) is 0 Å². The van der Waals surface area contributed by atoms with E-state index >= 15 is 0 Å². The molecule has 4 heterocycles. The van der Waals surface area contributed by atoms with Gasteiger partial charge in [-0.2, -0.15) is 44.6 Å². The average molecular weight is 502 g/mol. The van der Waals surface area contributed by atoms with Crippen LogP contribution in [0.25, 0.3) is 50.7 Å². The Balaban J connectivity index is 1.49. The first kappa shape index (κ1) is 22.0. The van der Waals surface area contributed by atoms with Gasteiger partial charge in [0.1, 0.15) is 0 Å². The van der Waals surface area contributed by atoms with E-state index in [1.54, 1.807) is 49.9 Å². The molecule has 3 aromatic carbocycles. The third-order valence-corrected chi connectivity index (χ3v) is 6.65. The zero-order valence-corrected chi connectivity index (χ0v) is 20.2. The van der Waals surface area contributed by atoms with E-state index in [0.717, 1.165) is 50.7 Å². The van der Waals surface area contributed by atoms with Crippen LogP contribution in [0.5, 0.6) is 0 Å². The van der Waals surface area contributed by atoms with Gasteiger partial charge in [0, 0.05) is 34.9 Å². The highest BCUT2D eigenvalue weighted by molar-refractivity contribution is 5.75. The molecule has 0 atom stereocenters. The van der Waals surface area contributed by atoms with Gasteiger partial charge in [-0.05, 0) is 36.4 Å². The van der Waals surface area contributed by atoms with Crippen molar-refractivity contribution < 1.29 is 0 Å². The minimum Gasteiger partial charge on any atom is -0.196 e. The predicted molar refractivity (Wildman–Crippen MR) is 143 cm³/mol. The van der Waals surface area contributed by atoms with Gasteiger partial charge in [-0.25, -0.2) is 0 Å². The first-order valence-corrected chi connectivity index (χ1v) is 12.0. The van der Waals surface area contributed by atoms with Crippen molar-refractivity contribution in [2.45, 2.75) is 0 Å². The van der Waals surface area contributed by atoms with Gasteiger partial charge in [0.15, 0.2) is 16.9 Å². The van der Waals surface area contributed by atoms with Gasteiger partial charge in [0.25, 0.3) is 0 Å². The maximum atomic E-state index is 9.18. The molecule has 39 heavy (non-hydrogen) atoms. The fraction of sp³-hybridized carbons (Fsp3) is 0. The standard InChI is InChI=1S/C30H15N9/c31-16-19-1-7-22(8-2-19)25-13-28-37(34-25)29-14-26(23-9-3-20(17-32)4-10-23)36-39(29)30-15-27(35-38(28)30)24-11-5-21(18-33)6-12-24/h1-15H. The molecule has 0 fully saturated rings. The van der Waals surface area contributed by atoms with Crippen LogP contribution in [-0.4, -0.2) is 28.8 Å². The molecule has 0 spiro atoms. The topological polar surface area (TPSA) is 123 Å². The van der Waals surface area contributed by atoms with Gasteiger partial charge in [0.05, 0.1) is 52.0 Å². The van der Waals surface area contributed by atoms with Crippen LogP contribution in [-0.2, 0) is 0 Å². The summed E-state index contributed by atoms with van der Waals surface area (Å²) >= 11 is 0. The maximum absolute atomic E-state index is 9.18. The van der Waals surface area contributed by atoms with Crippen LogP contribution in [0.15, 0.2) is 91.0 Å². The Hall–Kier alpha value is -6.24. The maximum Gasteiger partial charge on any atom is 0.162 e. The minimum atomic E-state index is 0.578. The predicted octanol–water partition coefficient (Wildman–Crippen LogP) is 5.25. The molecule has 0 saturated carbocycles. The third-order valence-electron chi connectivity index (χ3n) is 6.65. The number of benzene rings is 3. The fourth-order valence-electron chi connectivity index (χ4n) is 4.64. The Labute approximate surface area is 221 Å². The molecule has 0 radical (unpaired) electrons. The van der Waals surface area contributed by atoms with E-state index in [1.807, 2.05) is 54.6 Å². The summed E-state index contributed by atoms with van der Waals surface area (Å²) in [6, 6.07) is 34.1. The lowest BCUT2D eigenvalue weighted by molar-refractivity contribution is 0.831. The van der Waals surface area contributed by atoms with Crippen LogP contribution >= 0.6 is 0 Å². The number of aromatic nitrogens is 6. The highest BCUT2D eigenvalue weighted by atomic mass is 15.4. The second kappa shape index (κ2) is 8.41. The van der Waals surface area contributed by atoms with E-state index in [1.165, 1.54) is 0 Å². The Morgan fingerprint density at radius 3 is 0.897 bits per heavy atom. The summed E-state index contributed by atoms with van der Waals surface area (Å²) in [5.74, 6) is 0. The number of hydrogen-bond acceptors (Lipinski definition) is 6. The van der Waals surface area contributed by atoms with Gasteiger partial charge in [-0.1, -0.05) is 36.4 Å². The number of nitrogens with zero attached hydrogens (tertiary/aromatic N) is 9. The Bertz CT molecular complexity index is 1820. The quantitative estimate of drug-likeness (QED) is 0.326. The molecule has 9 nitrogen and oxygen atoms in total. The summed E-state index contributed by atoms with van der Waals surface area (Å²) in [7, 11) is 0. The van der Waals surface area contributed by atoms with Gasteiger partial charge in [0.2, 0.25) is 0 Å². The normalized spacial score (nSPS) is 11.0. The monoisotopic (exact) mass is 501 g/mol. The number of fused-ring (bicyclic) bond motifs is 6. The van der Waals surface area contributed by atoms with E-state index in [-0.39, 0.29) is 0 Å². The molecule has 180 valence electrons. The summed E-state index contributed by atoms with van der Waals surface area (Å²) < 4.78 is 5.41. The van der Waals surface area contributed by atoms with E-state index < -0.39 is 0 Å². The van der Waals surface area contributed by atoms with E-state index in [2.05, 4.69) is 18.2 Å². The minimum absolute atomic E-state index is 0.578. The molecule has 0 N–H and O–H groups in total. The molecule has 0 saturated heterocycles. The summed E-state index contributed by atoms with van der Waals surface area (Å²) in [6.45, 7) is 0. The van der Waals surface area contributed by atoms with Crippen molar-refractivity contribution in [2.75, 3.05) is 0 Å². The van der Waals surface area contributed by atoms with Crippen LogP contribution in [0.2, 0.25) is 0 Å². The Morgan fingerprint density at radius 2 is 0.667 bits per heavy atom. The molecule has 7 aromatic rings. The second-order valence-electron chi connectivity index (χ2n) is 8.97. The summed E-state index contributed by atoms with van der Waals surface area (Å²) in [4.78, 5) is 0. The number of rotatable bonds is 3. The molecule has 4 aromatic heterocycles. The van der Waals surface area contributed by atoms with E-state index in [4.69, 9.17) is 15.3 Å². The molecule has 0 aliphatic heterocycles. The lowest BCUT2D eigenvalue weighted by Crippen LogP contribution is -2.04. The summed E-state index contributed by atoms with van der Waals surface area (Å²) in [6.07, 6.45) is 0. The lowest BCUT2D eigenvalue weighted by Gasteiger charge is -2.01. The number of nitriles is 3. The molecule has 0 aliphatic rings. The van der Waals surface area contributed by atoms with E-state index in [9.17, 15) is 15.8 Å². The van der Waals surface area contributed by atoms with Crippen molar-refractivity contribution in [3.05, 3.63) is 108 Å². The van der Waals surface area contributed by atoms with Crippen LogP contribution in [0.4, 0.5) is 0 Å². The van der Waals surface area contributed by atoms with Gasteiger partial charge < -0.3 is 0 Å². The largest absolute Gasteiger partial charge is 0.196 e. The van der Waals surface area contributed by atoms with Crippen LogP contribution < -0.4 is 0 Å². The first-order valence-electron chi connectivity index (χ1n) is 12.0. The molecular formula is C30H15N9. The molecule has 0 unspecified atom stereocenters. The summed E-state index contributed by atoms with van der Waals surface area (Å²) in [5.41, 5.74) is 8.74. The number of hydrogen-bond donors (Lipinski definition) is 0. The molecule has 0 amide bonds. The third kappa shape index (κ3) is 3.49. The van der Waals surface area contributed by atoms with Gasteiger partial charge in [-0.15, -0.1) is 0 Å². The summed E-state index contributed by atoms with van der Waals surface area (Å²) in [5, 5.41) is 42.2. The van der Waals surface area contributed by atoms with Crippen molar-refractivity contribution >= 4 is 16.9 Å². The zero-order valence-electron chi connectivity index (χ0n) is 20.2. The van der Waals surface area contributed by atoms with Gasteiger partial charge in [-0.3, -0.25) is 0 Å². The smallest absolute Gasteiger partial charge is 0.162 e. The zero-order chi connectivity index (χ0) is 26.5. The molecule has 7 rings (SSSR count). The molecule has 9 heteroatoms. The molecule has 0 aliphatic carbocycles. The van der Waals surface area contributed by atoms with Crippen molar-refractivity contribution in [3.8, 4) is 52.0 Å². The Morgan fingerprint density at radius 1 is 0.410 bits per heavy atom. The lowest BCUT2D eigenvalue weighted by atomic mass is 10.1. The van der Waals surface area contributed by atoms with E-state index in [0.29, 0.717) is 16.7 Å². The first-order chi connectivity index (χ1) is 19.1. The fourth-order valence-corrected chi connectivity index (χ4v) is 4.64. The Kier molecular flexibility index (Phi) is 4.75. The average Bonchev–Trinajstić information content (AvgIpc) is 3.74. The van der Waals surface area contributed by atoms with Crippen molar-refractivity contribution in [2.24, 2.45) is 0 Å². The van der Waals surface area contributed by atoms with Crippen LogP contribution in [0.1, 0.15) is 16.7 Å². The second-order valence-corrected chi connectivity index (χ2v) is 8.97. The van der Waals surface area contributed by atoms with Crippen molar-refractivity contribution in [1.82, 2.24) is 28.8 Å². The molecular weight excluding hydrogens is 486 g/mol. The highest BCUT2D eigenvalue weighted by Gasteiger charge is 2.18. The van der Waals surface area contributed by atoms with Gasteiger partial charge >= 0.3 is 0 Å². The molecule has 0 bridgehead atoms.